The molecule has 0 saturated heterocycles. The van der Waals surface area contributed by atoms with Gasteiger partial charge in [-0.15, -0.1) is 5.10 Å². The van der Waals surface area contributed by atoms with Crippen molar-refractivity contribution in [1.82, 2.24) is 15.2 Å². The highest BCUT2D eigenvalue weighted by Gasteiger charge is 2.05. The van der Waals surface area contributed by atoms with Crippen molar-refractivity contribution in [2.75, 3.05) is 17.2 Å². The summed E-state index contributed by atoms with van der Waals surface area (Å²) in [5.41, 5.74) is 1.89. The molecule has 0 unspecified atom stereocenters. The number of hydrogen-bond acceptors (Lipinski definition) is 5. The number of halogens is 1. The third kappa shape index (κ3) is 4.56. The number of aromatic nitrogens is 3. The molecular weight excluding hydrogens is 286 g/mol. The Bertz CT molecular complexity index is 600. The van der Waals surface area contributed by atoms with Crippen molar-refractivity contribution >= 4 is 29.1 Å². The highest BCUT2D eigenvalue weighted by molar-refractivity contribution is 6.31. The minimum absolute atomic E-state index is 0.528. The zero-order valence-corrected chi connectivity index (χ0v) is 13.3. The molecule has 5 nitrogen and oxygen atoms in total. The summed E-state index contributed by atoms with van der Waals surface area (Å²) in [7, 11) is 0. The standard InChI is InChI=1S/C15H20ClN5/c1-10(2)7-8-17-15-20-14(9-18-21-15)19-13-6-4-5-12(16)11(13)3/h4-6,9-10H,7-8H2,1-3H3,(H2,17,19,20,21). The number of rotatable bonds is 6. The van der Waals surface area contributed by atoms with Gasteiger partial charge < -0.3 is 10.6 Å². The first-order chi connectivity index (χ1) is 10.1. The third-order valence-corrected chi connectivity index (χ3v) is 3.50. The van der Waals surface area contributed by atoms with Crippen LogP contribution < -0.4 is 10.6 Å². The smallest absolute Gasteiger partial charge is 0.244 e. The topological polar surface area (TPSA) is 62.7 Å². The van der Waals surface area contributed by atoms with Crippen molar-refractivity contribution in [3.63, 3.8) is 0 Å². The normalized spacial score (nSPS) is 10.7. The molecule has 0 radical (unpaired) electrons. The monoisotopic (exact) mass is 305 g/mol. The summed E-state index contributed by atoms with van der Waals surface area (Å²) in [4.78, 5) is 4.40. The summed E-state index contributed by atoms with van der Waals surface area (Å²) in [6, 6.07) is 5.71. The van der Waals surface area contributed by atoms with Crippen molar-refractivity contribution in [3.05, 3.63) is 35.0 Å². The number of nitrogens with zero attached hydrogens (tertiary/aromatic N) is 3. The van der Waals surface area contributed by atoms with Crippen LogP contribution in [-0.4, -0.2) is 21.7 Å². The van der Waals surface area contributed by atoms with Gasteiger partial charge >= 0.3 is 0 Å². The minimum Gasteiger partial charge on any atom is -0.353 e. The molecule has 1 aromatic heterocycles. The molecule has 21 heavy (non-hydrogen) atoms. The Hall–Kier alpha value is -1.88. The van der Waals surface area contributed by atoms with Crippen LogP contribution in [0.2, 0.25) is 5.02 Å². The van der Waals surface area contributed by atoms with Gasteiger partial charge in [-0.3, -0.25) is 0 Å². The van der Waals surface area contributed by atoms with Crippen LogP contribution in [0.15, 0.2) is 24.4 Å². The summed E-state index contributed by atoms with van der Waals surface area (Å²) in [5.74, 6) is 1.81. The fourth-order valence-electron chi connectivity index (χ4n) is 1.79. The molecule has 0 saturated carbocycles. The quantitative estimate of drug-likeness (QED) is 0.843. The van der Waals surface area contributed by atoms with Crippen molar-refractivity contribution in [2.24, 2.45) is 5.92 Å². The lowest BCUT2D eigenvalue weighted by Crippen LogP contribution is -2.09. The molecule has 0 aliphatic heterocycles. The van der Waals surface area contributed by atoms with Gasteiger partial charge in [-0.2, -0.15) is 10.1 Å². The van der Waals surface area contributed by atoms with Crippen LogP contribution in [0.1, 0.15) is 25.8 Å². The van der Waals surface area contributed by atoms with Gasteiger partial charge in [-0.1, -0.05) is 31.5 Å². The highest BCUT2D eigenvalue weighted by atomic mass is 35.5. The van der Waals surface area contributed by atoms with E-state index in [1.807, 2.05) is 25.1 Å². The lowest BCUT2D eigenvalue weighted by atomic mass is 10.1. The summed E-state index contributed by atoms with van der Waals surface area (Å²) in [6.07, 6.45) is 2.66. The molecule has 0 bridgehead atoms. The van der Waals surface area contributed by atoms with Crippen molar-refractivity contribution in [2.45, 2.75) is 27.2 Å². The Morgan fingerprint density at radius 1 is 1.29 bits per heavy atom. The summed E-state index contributed by atoms with van der Waals surface area (Å²) in [6.45, 7) is 7.15. The van der Waals surface area contributed by atoms with E-state index in [0.717, 1.165) is 29.2 Å². The second-order valence-corrected chi connectivity index (χ2v) is 5.72. The van der Waals surface area contributed by atoms with Gasteiger partial charge in [0.25, 0.3) is 0 Å². The molecule has 6 heteroatoms. The van der Waals surface area contributed by atoms with Crippen LogP contribution in [0, 0.1) is 12.8 Å². The molecule has 0 amide bonds. The molecule has 0 aliphatic carbocycles. The minimum atomic E-state index is 0.528. The van der Waals surface area contributed by atoms with Gasteiger partial charge in [0.1, 0.15) is 0 Å². The van der Waals surface area contributed by atoms with Crippen LogP contribution in [0.25, 0.3) is 0 Å². The molecular formula is C15H20ClN5. The predicted octanol–water partition coefficient (Wildman–Crippen LogP) is 4.04. The maximum Gasteiger partial charge on any atom is 0.244 e. The largest absolute Gasteiger partial charge is 0.353 e. The number of nitrogens with one attached hydrogen (secondary N) is 2. The summed E-state index contributed by atoms with van der Waals surface area (Å²) >= 11 is 6.11. The number of hydrogen-bond donors (Lipinski definition) is 2. The van der Waals surface area contributed by atoms with Gasteiger partial charge in [0.15, 0.2) is 5.82 Å². The Labute approximate surface area is 130 Å². The second kappa shape index (κ2) is 7.22. The molecule has 0 aliphatic rings. The average Bonchev–Trinajstić information content (AvgIpc) is 2.44. The fourth-order valence-corrected chi connectivity index (χ4v) is 1.97. The molecule has 1 aromatic carbocycles. The molecule has 2 aromatic rings. The Morgan fingerprint density at radius 2 is 2.10 bits per heavy atom. The SMILES string of the molecule is Cc1c(Cl)cccc1Nc1cnnc(NCCC(C)C)n1. The van der Waals surface area contributed by atoms with Crippen LogP contribution in [-0.2, 0) is 0 Å². The molecule has 112 valence electrons. The lowest BCUT2D eigenvalue weighted by molar-refractivity contribution is 0.605. The second-order valence-electron chi connectivity index (χ2n) is 5.31. The maximum absolute atomic E-state index is 6.11. The summed E-state index contributed by atoms with van der Waals surface area (Å²) in [5, 5.41) is 15.1. The van der Waals surface area contributed by atoms with Crippen LogP contribution >= 0.6 is 11.6 Å². The van der Waals surface area contributed by atoms with E-state index in [4.69, 9.17) is 11.6 Å². The van der Waals surface area contributed by atoms with Crippen molar-refractivity contribution in [3.8, 4) is 0 Å². The van der Waals surface area contributed by atoms with Gasteiger partial charge in [0.2, 0.25) is 5.95 Å². The number of benzene rings is 1. The van der Waals surface area contributed by atoms with E-state index < -0.39 is 0 Å². The van der Waals surface area contributed by atoms with Crippen LogP contribution in [0.5, 0.6) is 0 Å². The number of anilines is 3. The third-order valence-electron chi connectivity index (χ3n) is 3.09. The Morgan fingerprint density at radius 3 is 2.86 bits per heavy atom. The highest BCUT2D eigenvalue weighted by Crippen LogP contribution is 2.25. The molecule has 2 N–H and O–H groups in total. The molecule has 0 atom stereocenters. The van der Waals surface area contributed by atoms with Crippen molar-refractivity contribution < 1.29 is 0 Å². The van der Waals surface area contributed by atoms with E-state index in [2.05, 4.69) is 39.7 Å². The average molecular weight is 306 g/mol. The van der Waals surface area contributed by atoms with Gasteiger partial charge in [0.05, 0.1) is 6.20 Å². The van der Waals surface area contributed by atoms with E-state index in [1.54, 1.807) is 6.20 Å². The van der Waals surface area contributed by atoms with Crippen LogP contribution in [0.4, 0.5) is 17.5 Å². The van der Waals surface area contributed by atoms with Crippen LogP contribution in [0.3, 0.4) is 0 Å². The van der Waals surface area contributed by atoms with E-state index in [0.29, 0.717) is 17.7 Å². The Kier molecular flexibility index (Phi) is 5.33. The molecule has 2 rings (SSSR count). The van der Waals surface area contributed by atoms with E-state index >= 15 is 0 Å². The molecule has 0 spiro atoms. The van der Waals surface area contributed by atoms with Gasteiger partial charge in [-0.05, 0) is 37.0 Å². The Balaban J connectivity index is 2.05. The predicted molar refractivity (Wildman–Crippen MR) is 87.2 cm³/mol. The lowest BCUT2D eigenvalue weighted by Gasteiger charge is -2.11. The van der Waals surface area contributed by atoms with Crippen molar-refractivity contribution in [1.29, 1.82) is 0 Å². The van der Waals surface area contributed by atoms with Gasteiger partial charge in [0, 0.05) is 17.3 Å². The van der Waals surface area contributed by atoms with Gasteiger partial charge in [-0.25, -0.2) is 0 Å². The van der Waals surface area contributed by atoms with E-state index in [9.17, 15) is 0 Å². The van der Waals surface area contributed by atoms with E-state index in [-0.39, 0.29) is 0 Å². The zero-order valence-electron chi connectivity index (χ0n) is 12.5. The van der Waals surface area contributed by atoms with E-state index in [1.165, 1.54) is 0 Å². The summed E-state index contributed by atoms with van der Waals surface area (Å²) < 4.78 is 0. The molecule has 0 fully saturated rings. The first-order valence-corrected chi connectivity index (χ1v) is 7.40. The maximum atomic E-state index is 6.11. The first kappa shape index (κ1) is 15.5. The fraction of sp³-hybridized carbons (Fsp3) is 0.400. The molecule has 1 heterocycles. The first-order valence-electron chi connectivity index (χ1n) is 7.02. The zero-order chi connectivity index (χ0) is 15.2.